The Morgan fingerprint density at radius 3 is 3.14 bits per heavy atom. The lowest BCUT2D eigenvalue weighted by atomic mass is 9.97. The molecule has 1 heterocycles. The van der Waals surface area contributed by atoms with Crippen molar-refractivity contribution in [1.29, 1.82) is 0 Å². The first-order valence-corrected chi connectivity index (χ1v) is 5.29. The molecule has 0 fully saturated rings. The normalized spacial score (nSPS) is 20.9. The summed E-state index contributed by atoms with van der Waals surface area (Å²) in [5, 5.41) is 0.708. The smallest absolute Gasteiger partial charge is 0.141 e. The summed E-state index contributed by atoms with van der Waals surface area (Å²) in [7, 11) is 0. The van der Waals surface area contributed by atoms with Crippen molar-refractivity contribution >= 4 is 11.6 Å². The minimum absolute atomic E-state index is 0.523. The number of nitrogens with two attached hydrogens (primary N) is 1. The zero-order valence-corrected chi connectivity index (χ0v) is 8.76. The van der Waals surface area contributed by atoms with E-state index in [4.69, 9.17) is 22.1 Å². The van der Waals surface area contributed by atoms with Gasteiger partial charge in [-0.25, -0.2) is 0 Å². The van der Waals surface area contributed by atoms with E-state index in [2.05, 4.69) is 6.07 Å². The lowest BCUT2D eigenvalue weighted by molar-refractivity contribution is 0.296. The second kappa shape index (κ2) is 4.20. The minimum atomic E-state index is 0.523. The maximum Gasteiger partial charge on any atom is 0.141 e. The molecular formula is C11H14ClNO. The molecule has 0 saturated carbocycles. The van der Waals surface area contributed by atoms with Crippen LogP contribution in [0.4, 0.5) is 0 Å². The Bertz CT molecular complexity index is 327. The molecule has 1 unspecified atom stereocenters. The standard InChI is InChI=1S/C11H14ClNO/c12-10-3-1-2-9-6-8(7-13)4-5-14-11(9)10/h1-3,8H,4-7,13H2. The lowest BCUT2D eigenvalue weighted by Crippen LogP contribution is -2.17. The van der Waals surface area contributed by atoms with Crippen molar-refractivity contribution in [1.82, 2.24) is 0 Å². The van der Waals surface area contributed by atoms with E-state index in [0.29, 0.717) is 10.9 Å². The lowest BCUT2D eigenvalue weighted by Gasteiger charge is -2.09. The number of halogens is 1. The largest absolute Gasteiger partial charge is 0.492 e. The van der Waals surface area contributed by atoms with Crippen LogP contribution in [0, 0.1) is 5.92 Å². The zero-order valence-electron chi connectivity index (χ0n) is 8.00. The Morgan fingerprint density at radius 2 is 2.36 bits per heavy atom. The highest BCUT2D eigenvalue weighted by molar-refractivity contribution is 6.32. The van der Waals surface area contributed by atoms with Crippen molar-refractivity contribution in [2.45, 2.75) is 12.8 Å². The number of hydrogen-bond donors (Lipinski definition) is 1. The fraction of sp³-hybridized carbons (Fsp3) is 0.455. The van der Waals surface area contributed by atoms with Crippen molar-refractivity contribution in [3.05, 3.63) is 28.8 Å². The van der Waals surface area contributed by atoms with Crippen LogP contribution < -0.4 is 10.5 Å². The zero-order chi connectivity index (χ0) is 9.97. The molecule has 2 rings (SSSR count). The molecular weight excluding hydrogens is 198 g/mol. The van der Waals surface area contributed by atoms with Crippen LogP contribution in [0.15, 0.2) is 18.2 Å². The second-order valence-electron chi connectivity index (χ2n) is 3.67. The summed E-state index contributed by atoms with van der Waals surface area (Å²) < 4.78 is 5.62. The summed E-state index contributed by atoms with van der Waals surface area (Å²) in [5.74, 6) is 1.37. The topological polar surface area (TPSA) is 35.2 Å². The summed E-state index contributed by atoms with van der Waals surface area (Å²) in [6.07, 6.45) is 1.99. The molecule has 14 heavy (non-hydrogen) atoms. The molecule has 0 amide bonds. The minimum Gasteiger partial charge on any atom is -0.492 e. The molecule has 0 bridgehead atoms. The summed E-state index contributed by atoms with van der Waals surface area (Å²) in [6, 6.07) is 5.89. The number of rotatable bonds is 1. The van der Waals surface area contributed by atoms with E-state index in [9.17, 15) is 0 Å². The van der Waals surface area contributed by atoms with Gasteiger partial charge >= 0.3 is 0 Å². The van der Waals surface area contributed by atoms with E-state index in [1.807, 2.05) is 12.1 Å². The van der Waals surface area contributed by atoms with Crippen LogP contribution in [-0.4, -0.2) is 13.2 Å². The van der Waals surface area contributed by atoms with Crippen LogP contribution in [0.5, 0.6) is 5.75 Å². The van der Waals surface area contributed by atoms with Gasteiger partial charge in [0.05, 0.1) is 11.6 Å². The van der Waals surface area contributed by atoms with Gasteiger partial charge in [0.1, 0.15) is 5.75 Å². The van der Waals surface area contributed by atoms with Crippen LogP contribution in [0.1, 0.15) is 12.0 Å². The van der Waals surface area contributed by atoms with Gasteiger partial charge < -0.3 is 10.5 Å². The van der Waals surface area contributed by atoms with Gasteiger partial charge in [-0.2, -0.15) is 0 Å². The van der Waals surface area contributed by atoms with Gasteiger partial charge in [0.25, 0.3) is 0 Å². The van der Waals surface area contributed by atoms with Crippen molar-refractivity contribution in [3.63, 3.8) is 0 Å². The third-order valence-electron chi connectivity index (χ3n) is 2.66. The average molecular weight is 212 g/mol. The number of para-hydroxylation sites is 1. The molecule has 1 aromatic rings. The summed E-state index contributed by atoms with van der Waals surface area (Å²) in [6.45, 7) is 1.44. The number of hydrogen-bond acceptors (Lipinski definition) is 2. The summed E-state index contributed by atoms with van der Waals surface area (Å²) in [4.78, 5) is 0. The molecule has 0 aromatic heterocycles. The first-order valence-electron chi connectivity index (χ1n) is 4.91. The Kier molecular flexibility index (Phi) is 2.94. The van der Waals surface area contributed by atoms with Crippen LogP contribution in [-0.2, 0) is 6.42 Å². The molecule has 1 aromatic carbocycles. The SMILES string of the molecule is NCC1CCOc2c(Cl)cccc2C1. The molecule has 0 spiro atoms. The highest BCUT2D eigenvalue weighted by Crippen LogP contribution is 2.33. The van der Waals surface area contributed by atoms with E-state index in [0.717, 1.165) is 31.7 Å². The van der Waals surface area contributed by atoms with Crippen LogP contribution in [0.2, 0.25) is 5.02 Å². The van der Waals surface area contributed by atoms with Crippen molar-refractivity contribution in [2.24, 2.45) is 11.7 Å². The molecule has 1 aliphatic heterocycles. The van der Waals surface area contributed by atoms with E-state index >= 15 is 0 Å². The van der Waals surface area contributed by atoms with E-state index in [1.165, 1.54) is 5.56 Å². The molecule has 0 radical (unpaired) electrons. The number of fused-ring (bicyclic) bond motifs is 1. The molecule has 2 N–H and O–H groups in total. The van der Waals surface area contributed by atoms with Gasteiger partial charge in [-0.1, -0.05) is 23.7 Å². The monoisotopic (exact) mass is 211 g/mol. The van der Waals surface area contributed by atoms with Gasteiger partial charge in [0, 0.05) is 0 Å². The maximum absolute atomic E-state index is 6.05. The highest BCUT2D eigenvalue weighted by Gasteiger charge is 2.17. The van der Waals surface area contributed by atoms with Gasteiger partial charge in [-0.3, -0.25) is 0 Å². The number of ether oxygens (including phenoxy) is 1. The molecule has 76 valence electrons. The fourth-order valence-corrected chi connectivity index (χ4v) is 2.07. The van der Waals surface area contributed by atoms with Crippen molar-refractivity contribution < 1.29 is 4.74 Å². The van der Waals surface area contributed by atoms with Crippen LogP contribution in [0.25, 0.3) is 0 Å². The Labute approximate surface area is 89.0 Å². The average Bonchev–Trinajstić information content (AvgIpc) is 2.40. The predicted octanol–water partition coefficient (Wildman–Crippen LogP) is 2.24. The first kappa shape index (κ1) is 9.81. The summed E-state index contributed by atoms with van der Waals surface area (Å²) >= 11 is 6.05. The van der Waals surface area contributed by atoms with Gasteiger partial charge in [0.2, 0.25) is 0 Å². The number of benzene rings is 1. The molecule has 2 nitrogen and oxygen atoms in total. The van der Waals surface area contributed by atoms with Crippen molar-refractivity contribution in [2.75, 3.05) is 13.2 Å². The molecule has 1 atom stereocenters. The Morgan fingerprint density at radius 1 is 1.50 bits per heavy atom. The van der Waals surface area contributed by atoms with Crippen LogP contribution >= 0.6 is 11.6 Å². The predicted molar refractivity (Wildman–Crippen MR) is 57.8 cm³/mol. The molecule has 0 saturated heterocycles. The fourth-order valence-electron chi connectivity index (χ4n) is 1.82. The van der Waals surface area contributed by atoms with E-state index in [1.54, 1.807) is 0 Å². The van der Waals surface area contributed by atoms with Crippen LogP contribution in [0.3, 0.4) is 0 Å². The first-order chi connectivity index (χ1) is 6.81. The Balaban J connectivity index is 2.32. The second-order valence-corrected chi connectivity index (χ2v) is 4.08. The van der Waals surface area contributed by atoms with Gasteiger partial charge in [-0.05, 0) is 36.9 Å². The van der Waals surface area contributed by atoms with E-state index in [-0.39, 0.29) is 0 Å². The van der Waals surface area contributed by atoms with E-state index < -0.39 is 0 Å². The Hall–Kier alpha value is -0.730. The molecule has 0 aliphatic carbocycles. The summed E-state index contributed by atoms with van der Waals surface area (Å²) in [5.41, 5.74) is 6.86. The van der Waals surface area contributed by atoms with Gasteiger partial charge in [0.15, 0.2) is 0 Å². The maximum atomic E-state index is 6.05. The highest BCUT2D eigenvalue weighted by atomic mass is 35.5. The third kappa shape index (κ3) is 1.86. The third-order valence-corrected chi connectivity index (χ3v) is 2.96. The molecule has 1 aliphatic rings. The van der Waals surface area contributed by atoms with Crippen molar-refractivity contribution in [3.8, 4) is 5.75 Å². The molecule has 3 heteroatoms. The quantitative estimate of drug-likeness (QED) is 0.774. The van der Waals surface area contributed by atoms with Gasteiger partial charge in [-0.15, -0.1) is 0 Å².